The predicted octanol–water partition coefficient (Wildman–Crippen LogP) is 5.87. The number of hydrogen-bond donors (Lipinski definition) is 1. The van der Waals surface area contributed by atoms with Gasteiger partial charge in [-0.2, -0.15) is 0 Å². The first-order valence-corrected chi connectivity index (χ1v) is 14.0. The Morgan fingerprint density at radius 3 is 2.12 bits per heavy atom. The minimum absolute atomic E-state index is 0.120. The van der Waals surface area contributed by atoms with Crippen LogP contribution in [0.2, 0.25) is 0 Å². The number of nitro benzene ring substituents is 1. The number of carbonyl (C=O) groups is 2. The molecule has 9 heteroatoms. The predicted molar refractivity (Wildman–Crippen MR) is 158 cm³/mol. The maximum atomic E-state index is 13.7. The van der Waals surface area contributed by atoms with Gasteiger partial charge in [-0.05, 0) is 45.8 Å². The zero-order valence-electron chi connectivity index (χ0n) is 24.9. The van der Waals surface area contributed by atoms with E-state index in [1.807, 2.05) is 32.0 Å². The summed E-state index contributed by atoms with van der Waals surface area (Å²) in [6.45, 7) is 14.1. The van der Waals surface area contributed by atoms with E-state index in [4.69, 9.17) is 9.47 Å². The summed E-state index contributed by atoms with van der Waals surface area (Å²) in [7, 11) is 0. The summed E-state index contributed by atoms with van der Waals surface area (Å²) in [6, 6.07) is 16.4. The van der Waals surface area contributed by atoms with Crippen molar-refractivity contribution in [1.82, 2.24) is 10.2 Å². The van der Waals surface area contributed by atoms with Crippen molar-refractivity contribution >= 4 is 17.6 Å². The third-order valence-electron chi connectivity index (χ3n) is 7.32. The molecule has 0 radical (unpaired) electrons. The van der Waals surface area contributed by atoms with Gasteiger partial charge in [-0.25, -0.2) is 9.59 Å². The Bertz CT molecular complexity index is 1320. The van der Waals surface area contributed by atoms with Crippen LogP contribution >= 0.6 is 0 Å². The first-order chi connectivity index (χ1) is 19.5. The number of dihydropyridines is 1. The molecule has 1 N–H and O–H groups in total. The van der Waals surface area contributed by atoms with Crippen LogP contribution in [-0.2, 0) is 25.6 Å². The molecule has 0 spiro atoms. The fraction of sp³-hybridized carbons (Fsp3) is 0.438. The van der Waals surface area contributed by atoms with Gasteiger partial charge in [0, 0.05) is 35.0 Å². The minimum Gasteiger partial charge on any atom is -0.463 e. The number of benzene rings is 2. The van der Waals surface area contributed by atoms with Crippen molar-refractivity contribution in [3.05, 3.63) is 98.4 Å². The third kappa shape index (κ3) is 8.04. The second-order valence-corrected chi connectivity index (χ2v) is 11.0. The van der Waals surface area contributed by atoms with Crippen molar-refractivity contribution in [3.8, 4) is 0 Å². The molecule has 0 amide bonds. The van der Waals surface area contributed by atoms with Gasteiger partial charge < -0.3 is 14.8 Å². The summed E-state index contributed by atoms with van der Waals surface area (Å²) in [4.78, 5) is 40.6. The van der Waals surface area contributed by atoms with Gasteiger partial charge >= 0.3 is 11.9 Å². The molecule has 220 valence electrons. The summed E-state index contributed by atoms with van der Waals surface area (Å²) >= 11 is 0. The van der Waals surface area contributed by atoms with E-state index in [2.05, 4.69) is 29.3 Å². The zero-order valence-corrected chi connectivity index (χ0v) is 24.9. The van der Waals surface area contributed by atoms with Crippen molar-refractivity contribution in [1.29, 1.82) is 0 Å². The summed E-state index contributed by atoms with van der Waals surface area (Å²) in [5, 5.41) is 15.0. The maximum Gasteiger partial charge on any atom is 0.336 e. The number of nitrogens with zero attached hydrogens (tertiary/aromatic N) is 2. The lowest BCUT2D eigenvalue weighted by atomic mass is 9.79. The normalized spacial score (nSPS) is 15.5. The van der Waals surface area contributed by atoms with Crippen LogP contribution in [-0.4, -0.2) is 48.1 Å². The summed E-state index contributed by atoms with van der Waals surface area (Å²) in [5.74, 6) is -2.29. The molecule has 41 heavy (non-hydrogen) atoms. The van der Waals surface area contributed by atoms with E-state index in [1.54, 1.807) is 39.0 Å². The van der Waals surface area contributed by atoms with Crippen LogP contribution in [0.3, 0.4) is 0 Å². The molecule has 1 heterocycles. The first kappa shape index (κ1) is 31.5. The van der Waals surface area contributed by atoms with Gasteiger partial charge in [-0.1, -0.05) is 69.3 Å². The number of allylic oxidation sites excluding steroid dienone is 2. The Kier molecular flexibility index (Phi) is 10.8. The smallest absolute Gasteiger partial charge is 0.336 e. The minimum atomic E-state index is -1.02. The molecule has 1 aliphatic rings. The van der Waals surface area contributed by atoms with Crippen molar-refractivity contribution in [2.45, 2.75) is 60.4 Å². The Balaban J connectivity index is 1.83. The monoisotopic (exact) mass is 563 g/mol. The van der Waals surface area contributed by atoms with Gasteiger partial charge in [0.2, 0.25) is 0 Å². The van der Waals surface area contributed by atoms with Crippen molar-refractivity contribution in [2.24, 2.45) is 5.41 Å². The lowest BCUT2D eigenvalue weighted by Gasteiger charge is -2.32. The van der Waals surface area contributed by atoms with Crippen molar-refractivity contribution < 1.29 is 24.0 Å². The molecule has 0 saturated carbocycles. The Hall–Kier alpha value is -3.98. The molecular formula is C32H41N3O6. The van der Waals surface area contributed by atoms with E-state index >= 15 is 0 Å². The molecule has 2 aromatic rings. The lowest BCUT2D eigenvalue weighted by Crippen LogP contribution is -2.34. The molecule has 9 nitrogen and oxygen atoms in total. The van der Waals surface area contributed by atoms with Gasteiger partial charge in [0.25, 0.3) is 5.69 Å². The van der Waals surface area contributed by atoms with Crippen LogP contribution < -0.4 is 5.32 Å². The van der Waals surface area contributed by atoms with Crippen LogP contribution in [0.4, 0.5) is 5.69 Å². The number of esters is 2. The molecule has 1 unspecified atom stereocenters. The number of hydrogen-bond acceptors (Lipinski definition) is 8. The van der Waals surface area contributed by atoms with E-state index in [0.717, 1.165) is 26.1 Å². The van der Waals surface area contributed by atoms with Crippen molar-refractivity contribution in [3.63, 3.8) is 0 Å². The molecule has 1 aliphatic heterocycles. The van der Waals surface area contributed by atoms with E-state index in [9.17, 15) is 19.7 Å². The summed E-state index contributed by atoms with van der Waals surface area (Å²) < 4.78 is 11.2. The molecule has 0 fully saturated rings. The van der Waals surface area contributed by atoms with Gasteiger partial charge in [0.05, 0.1) is 35.2 Å². The maximum absolute atomic E-state index is 13.7. The quantitative estimate of drug-likeness (QED) is 0.183. The fourth-order valence-electron chi connectivity index (χ4n) is 5.02. The van der Waals surface area contributed by atoms with Crippen LogP contribution in [0.15, 0.2) is 77.1 Å². The second kappa shape index (κ2) is 14.1. The van der Waals surface area contributed by atoms with Gasteiger partial charge in [0.15, 0.2) is 0 Å². The lowest BCUT2D eigenvalue weighted by molar-refractivity contribution is -0.385. The number of ether oxygens (including phenoxy) is 2. The largest absolute Gasteiger partial charge is 0.463 e. The van der Waals surface area contributed by atoms with E-state index in [0.29, 0.717) is 11.4 Å². The number of nitro groups is 1. The molecule has 3 rings (SSSR count). The highest BCUT2D eigenvalue weighted by Crippen LogP contribution is 2.42. The standard InChI is InChI=1S/C32H41N3O6/c1-7-34(20-24-14-10-9-11-15-24)19-18-32(5,6)21-41-31(37)28-23(4)33-22(3)27(30(36)40-8-2)29(28)25-16-12-13-17-26(25)35(38)39/h9-17,29,33H,7-8,18-21H2,1-6H3. The van der Waals surface area contributed by atoms with Crippen LogP contribution in [0.1, 0.15) is 65.0 Å². The Morgan fingerprint density at radius 1 is 0.951 bits per heavy atom. The Labute approximate surface area is 242 Å². The second-order valence-electron chi connectivity index (χ2n) is 11.0. The summed E-state index contributed by atoms with van der Waals surface area (Å²) in [6.07, 6.45) is 0.790. The van der Waals surface area contributed by atoms with E-state index in [1.165, 1.54) is 11.6 Å². The highest BCUT2D eigenvalue weighted by atomic mass is 16.6. The average molecular weight is 564 g/mol. The number of nitrogens with one attached hydrogen (secondary N) is 1. The molecule has 0 aromatic heterocycles. The Morgan fingerprint density at radius 2 is 1.54 bits per heavy atom. The van der Waals surface area contributed by atoms with Crippen LogP contribution in [0, 0.1) is 15.5 Å². The highest BCUT2D eigenvalue weighted by Gasteiger charge is 2.41. The SMILES string of the molecule is CCOC(=O)C1=C(C)NC(C)=C(C(=O)OCC(C)(C)CCN(CC)Cc2ccccc2)C1c1ccccc1[N+](=O)[O-]. The van der Waals surface area contributed by atoms with Gasteiger partial charge in [-0.3, -0.25) is 15.0 Å². The fourth-order valence-corrected chi connectivity index (χ4v) is 5.02. The molecular weight excluding hydrogens is 522 g/mol. The van der Waals surface area contributed by atoms with Crippen molar-refractivity contribution in [2.75, 3.05) is 26.3 Å². The van der Waals surface area contributed by atoms with Crippen LogP contribution in [0.25, 0.3) is 0 Å². The number of rotatable bonds is 13. The van der Waals surface area contributed by atoms with Crippen LogP contribution in [0.5, 0.6) is 0 Å². The van der Waals surface area contributed by atoms with Gasteiger partial charge in [-0.15, -0.1) is 0 Å². The zero-order chi connectivity index (χ0) is 30.2. The average Bonchev–Trinajstić information content (AvgIpc) is 2.94. The molecule has 0 aliphatic carbocycles. The number of para-hydroxylation sites is 1. The third-order valence-corrected chi connectivity index (χ3v) is 7.32. The molecule has 1 atom stereocenters. The molecule has 0 bridgehead atoms. The van der Waals surface area contributed by atoms with Gasteiger partial charge in [0.1, 0.15) is 0 Å². The highest BCUT2D eigenvalue weighted by molar-refractivity contribution is 6.00. The molecule has 2 aromatic carbocycles. The topological polar surface area (TPSA) is 111 Å². The van der Waals surface area contributed by atoms with E-state index in [-0.39, 0.29) is 41.0 Å². The number of carbonyl (C=O) groups excluding carboxylic acids is 2. The molecule has 0 saturated heterocycles. The van der Waals surface area contributed by atoms with E-state index < -0.39 is 22.8 Å². The first-order valence-electron chi connectivity index (χ1n) is 14.0. The summed E-state index contributed by atoms with van der Waals surface area (Å²) in [5.41, 5.74) is 2.20.